The van der Waals surface area contributed by atoms with Crippen molar-refractivity contribution in [2.24, 2.45) is 0 Å². The fourth-order valence-electron chi connectivity index (χ4n) is 2.37. The van der Waals surface area contributed by atoms with Crippen LogP contribution in [0.2, 0.25) is 0 Å². The SMILES string of the molecule is CNC1CCCN(C(=O)C(C)c2ccc(Br)s2)C1. The van der Waals surface area contributed by atoms with Crippen molar-refractivity contribution in [3.05, 3.63) is 20.8 Å². The van der Waals surface area contributed by atoms with Gasteiger partial charge in [0.2, 0.25) is 5.91 Å². The molecule has 1 N–H and O–H groups in total. The number of piperidine rings is 1. The Kier molecular flexibility index (Phi) is 4.81. The molecule has 2 atom stereocenters. The van der Waals surface area contributed by atoms with E-state index in [0.29, 0.717) is 6.04 Å². The molecular formula is C13H19BrN2OS. The molecule has 0 bridgehead atoms. The summed E-state index contributed by atoms with van der Waals surface area (Å²) in [5, 5.41) is 3.27. The van der Waals surface area contributed by atoms with Crippen LogP contribution < -0.4 is 5.32 Å². The van der Waals surface area contributed by atoms with Gasteiger partial charge in [-0.05, 0) is 54.9 Å². The molecule has 1 saturated heterocycles. The predicted octanol–water partition coefficient (Wildman–Crippen LogP) is 2.82. The van der Waals surface area contributed by atoms with Gasteiger partial charge in [0.15, 0.2) is 0 Å². The van der Waals surface area contributed by atoms with Crippen molar-refractivity contribution in [2.75, 3.05) is 20.1 Å². The maximum absolute atomic E-state index is 12.5. The number of rotatable bonds is 3. The van der Waals surface area contributed by atoms with E-state index in [2.05, 4.69) is 21.2 Å². The minimum atomic E-state index is -0.0306. The van der Waals surface area contributed by atoms with Gasteiger partial charge in [0, 0.05) is 24.0 Å². The number of hydrogen-bond acceptors (Lipinski definition) is 3. The Labute approximate surface area is 121 Å². The lowest BCUT2D eigenvalue weighted by Gasteiger charge is -2.34. The van der Waals surface area contributed by atoms with Crippen LogP contribution in [0.4, 0.5) is 0 Å². The van der Waals surface area contributed by atoms with E-state index in [1.165, 1.54) is 6.42 Å². The second kappa shape index (κ2) is 6.17. The van der Waals surface area contributed by atoms with Crippen molar-refractivity contribution < 1.29 is 4.79 Å². The van der Waals surface area contributed by atoms with E-state index in [4.69, 9.17) is 0 Å². The Morgan fingerprint density at radius 1 is 1.61 bits per heavy atom. The van der Waals surface area contributed by atoms with Crippen LogP contribution in [-0.4, -0.2) is 37.0 Å². The lowest BCUT2D eigenvalue weighted by molar-refractivity contribution is -0.133. The van der Waals surface area contributed by atoms with E-state index >= 15 is 0 Å². The number of hydrogen-bond donors (Lipinski definition) is 1. The number of likely N-dealkylation sites (tertiary alicyclic amines) is 1. The highest BCUT2D eigenvalue weighted by Crippen LogP contribution is 2.30. The van der Waals surface area contributed by atoms with Crippen molar-refractivity contribution in [3.8, 4) is 0 Å². The van der Waals surface area contributed by atoms with Crippen molar-refractivity contribution in [3.63, 3.8) is 0 Å². The van der Waals surface area contributed by atoms with Crippen LogP contribution in [0.15, 0.2) is 15.9 Å². The topological polar surface area (TPSA) is 32.3 Å². The molecule has 1 aromatic heterocycles. The van der Waals surface area contributed by atoms with Crippen molar-refractivity contribution in [1.29, 1.82) is 0 Å². The van der Waals surface area contributed by atoms with E-state index < -0.39 is 0 Å². The summed E-state index contributed by atoms with van der Waals surface area (Å²) in [7, 11) is 1.97. The molecule has 1 aliphatic heterocycles. The Balaban J connectivity index is 2.02. The first-order valence-electron chi connectivity index (χ1n) is 6.33. The molecule has 0 aromatic carbocycles. The molecule has 1 fully saturated rings. The van der Waals surface area contributed by atoms with Gasteiger partial charge in [-0.15, -0.1) is 11.3 Å². The normalized spacial score (nSPS) is 21.9. The Morgan fingerprint density at radius 2 is 2.39 bits per heavy atom. The van der Waals surface area contributed by atoms with Gasteiger partial charge in [-0.1, -0.05) is 0 Å². The zero-order chi connectivity index (χ0) is 13.1. The van der Waals surface area contributed by atoms with Gasteiger partial charge in [0.25, 0.3) is 0 Å². The van der Waals surface area contributed by atoms with Gasteiger partial charge >= 0.3 is 0 Å². The smallest absolute Gasteiger partial charge is 0.230 e. The first-order chi connectivity index (χ1) is 8.61. The number of carbonyl (C=O) groups is 1. The summed E-state index contributed by atoms with van der Waals surface area (Å²) in [4.78, 5) is 15.6. The predicted molar refractivity (Wildman–Crippen MR) is 79.1 cm³/mol. The third kappa shape index (κ3) is 3.13. The fraction of sp³-hybridized carbons (Fsp3) is 0.615. The summed E-state index contributed by atoms with van der Waals surface area (Å²) in [5.41, 5.74) is 0. The van der Waals surface area contributed by atoms with Gasteiger partial charge in [0.1, 0.15) is 0 Å². The van der Waals surface area contributed by atoms with Gasteiger partial charge in [-0.2, -0.15) is 0 Å². The number of nitrogens with zero attached hydrogens (tertiary/aromatic N) is 1. The minimum Gasteiger partial charge on any atom is -0.341 e. The van der Waals surface area contributed by atoms with E-state index in [-0.39, 0.29) is 11.8 Å². The number of nitrogens with one attached hydrogen (secondary N) is 1. The van der Waals surface area contributed by atoms with Gasteiger partial charge < -0.3 is 10.2 Å². The van der Waals surface area contributed by atoms with Gasteiger partial charge in [-0.25, -0.2) is 0 Å². The second-order valence-corrected chi connectivity index (χ2v) is 7.27. The number of carbonyl (C=O) groups excluding carboxylic acids is 1. The first kappa shape index (κ1) is 14.0. The van der Waals surface area contributed by atoms with E-state index in [9.17, 15) is 4.79 Å². The number of thiophene rings is 1. The highest BCUT2D eigenvalue weighted by Gasteiger charge is 2.27. The van der Waals surface area contributed by atoms with E-state index in [0.717, 1.165) is 28.2 Å². The lowest BCUT2D eigenvalue weighted by atomic mass is 10.0. The third-order valence-electron chi connectivity index (χ3n) is 3.53. The zero-order valence-electron chi connectivity index (χ0n) is 10.8. The molecule has 1 aliphatic rings. The molecular weight excluding hydrogens is 312 g/mol. The summed E-state index contributed by atoms with van der Waals surface area (Å²) < 4.78 is 1.09. The molecule has 100 valence electrons. The molecule has 1 amide bonds. The van der Waals surface area contributed by atoms with E-state index in [1.54, 1.807) is 11.3 Å². The second-order valence-electron chi connectivity index (χ2n) is 4.78. The zero-order valence-corrected chi connectivity index (χ0v) is 13.2. The van der Waals surface area contributed by atoms with Crippen LogP contribution in [0, 0.1) is 0 Å². The molecule has 0 radical (unpaired) electrons. The van der Waals surface area contributed by atoms with Crippen LogP contribution in [0.1, 0.15) is 30.6 Å². The highest BCUT2D eigenvalue weighted by molar-refractivity contribution is 9.11. The van der Waals surface area contributed by atoms with Crippen LogP contribution >= 0.6 is 27.3 Å². The van der Waals surface area contributed by atoms with Crippen molar-refractivity contribution in [2.45, 2.75) is 31.7 Å². The largest absolute Gasteiger partial charge is 0.341 e. The van der Waals surface area contributed by atoms with Crippen LogP contribution in [0.25, 0.3) is 0 Å². The van der Waals surface area contributed by atoms with Crippen LogP contribution in [0.3, 0.4) is 0 Å². The first-order valence-corrected chi connectivity index (χ1v) is 7.94. The molecule has 2 rings (SSSR count). The molecule has 1 aromatic rings. The van der Waals surface area contributed by atoms with Gasteiger partial charge in [-0.3, -0.25) is 4.79 Å². The summed E-state index contributed by atoms with van der Waals surface area (Å²) in [6, 6.07) is 4.50. The maximum atomic E-state index is 12.5. The third-order valence-corrected chi connectivity index (χ3v) is 5.34. The number of amides is 1. The molecule has 0 saturated carbocycles. The molecule has 0 spiro atoms. The van der Waals surface area contributed by atoms with Crippen molar-refractivity contribution in [1.82, 2.24) is 10.2 Å². The highest BCUT2D eigenvalue weighted by atomic mass is 79.9. The Hall–Kier alpha value is -0.390. The number of likely N-dealkylation sites (N-methyl/N-ethyl adjacent to an activating group) is 1. The monoisotopic (exact) mass is 330 g/mol. The lowest BCUT2D eigenvalue weighted by Crippen LogP contribution is -2.48. The number of halogens is 1. The summed E-state index contributed by atoms with van der Waals surface area (Å²) in [6.07, 6.45) is 2.26. The molecule has 3 nitrogen and oxygen atoms in total. The standard InChI is InChI=1S/C13H19BrN2OS/c1-9(11-5-6-12(14)18-11)13(17)16-7-3-4-10(8-16)15-2/h5-6,9-10,15H,3-4,7-8H2,1-2H3. The summed E-state index contributed by atoms with van der Waals surface area (Å²) >= 11 is 5.10. The summed E-state index contributed by atoms with van der Waals surface area (Å²) in [6.45, 7) is 3.74. The summed E-state index contributed by atoms with van der Waals surface area (Å²) in [5.74, 6) is 0.223. The maximum Gasteiger partial charge on any atom is 0.230 e. The quantitative estimate of drug-likeness (QED) is 0.924. The minimum absolute atomic E-state index is 0.0306. The average Bonchev–Trinajstić information content (AvgIpc) is 2.83. The van der Waals surface area contributed by atoms with Crippen molar-refractivity contribution >= 4 is 33.2 Å². The molecule has 18 heavy (non-hydrogen) atoms. The van der Waals surface area contributed by atoms with Crippen LogP contribution in [-0.2, 0) is 4.79 Å². The molecule has 2 heterocycles. The molecule has 2 unspecified atom stereocenters. The Morgan fingerprint density at radius 3 is 3.00 bits per heavy atom. The Bertz CT molecular complexity index is 421. The molecule has 5 heteroatoms. The average molecular weight is 331 g/mol. The fourth-order valence-corrected chi connectivity index (χ4v) is 3.84. The van der Waals surface area contributed by atoms with E-state index in [1.807, 2.05) is 31.0 Å². The molecule has 0 aliphatic carbocycles. The van der Waals surface area contributed by atoms with Crippen LogP contribution in [0.5, 0.6) is 0 Å². The van der Waals surface area contributed by atoms with Gasteiger partial charge in [0.05, 0.1) is 9.70 Å².